The molecule has 1 fully saturated rings. The Kier molecular flexibility index (Phi) is 7.30. The zero-order valence-electron chi connectivity index (χ0n) is 14.6. The van der Waals surface area contributed by atoms with Crippen molar-refractivity contribution in [3.8, 4) is 0 Å². The summed E-state index contributed by atoms with van der Waals surface area (Å²) in [5.41, 5.74) is 2.44. The minimum Gasteiger partial charge on any atom is -0.389 e. The van der Waals surface area contributed by atoms with E-state index in [1.807, 2.05) is 21.1 Å². The first-order chi connectivity index (χ1) is 11.0. The highest BCUT2D eigenvalue weighted by atomic mass is 16.5. The number of anilines is 1. The van der Waals surface area contributed by atoms with Crippen LogP contribution in [0.15, 0.2) is 24.3 Å². The van der Waals surface area contributed by atoms with Gasteiger partial charge in [-0.05, 0) is 37.6 Å². The third-order valence-electron chi connectivity index (χ3n) is 4.09. The van der Waals surface area contributed by atoms with Crippen LogP contribution in [0.25, 0.3) is 0 Å². The molecule has 0 aromatic heterocycles. The molecule has 0 saturated carbocycles. The Balaban J connectivity index is 1.72. The van der Waals surface area contributed by atoms with Crippen LogP contribution in [0.4, 0.5) is 5.69 Å². The van der Waals surface area contributed by atoms with Crippen molar-refractivity contribution in [2.24, 2.45) is 0 Å². The van der Waals surface area contributed by atoms with Crippen molar-refractivity contribution in [3.63, 3.8) is 0 Å². The Bertz CT molecular complexity index is 461. The monoisotopic (exact) mass is 322 g/mol. The molecule has 1 aliphatic rings. The van der Waals surface area contributed by atoms with Crippen molar-refractivity contribution >= 4 is 5.69 Å². The molecule has 1 unspecified atom stereocenters. The van der Waals surface area contributed by atoms with Crippen molar-refractivity contribution in [1.82, 2.24) is 4.90 Å². The average molecular weight is 322 g/mol. The molecule has 0 aliphatic carbocycles. The van der Waals surface area contributed by atoms with Gasteiger partial charge in [0.15, 0.2) is 0 Å². The van der Waals surface area contributed by atoms with Gasteiger partial charge in [-0.25, -0.2) is 0 Å². The number of aliphatic hydroxyl groups is 1. The van der Waals surface area contributed by atoms with E-state index in [0.717, 1.165) is 32.6 Å². The molecule has 1 heterocycles. The Labute approximate surface area is 139 Å². The third-order valence-corrected chi connectivity index (χ3v) is 4.09. The van der Waals surface area contributed by atoms with E-state index in [0.29, 0.717) is 13.2 Å². The molecule has 2 rings (SSSR count). The fourth-order valence-corrected chi connectivity index (χ4v) is 2.81. The number of hydrogen-bond acceptors (Lipinski definition) is 5. The Morgan fingerprint density at radius 3 is 2.70 bits per heavy atom. The molecule has 1 N–H and O–H groups in total. The maximum atomic E-state index is 10.2. The van der Waals surface area contributed by atoms with E-state index < -0.39 is 6.10 Å². The van der Waals surface area contributed by atoms with E-state index in [2.05, 4.69) is 34.1 Å². The second-order valence-corrected chi connectivity index (χ2v) is 6.56. The lowest BCUT2D eigenvalue weighted by molar-refractivity contribution is -0.0634. The lowest BCUT2D eigenvalue weighted by Crippen LogP contribution is -2.34. The van der Waals surface area contributed by atoms with Crippen LogP contribution >= 0.6 is 0 Å². The molecule has 5 heteroatoms. The van der Waals surface area contributed by atoms with Gasteiger partial charge in [-0.2, -0.15) is 0 Å². The SMILES string of the molecule is CN(Cc1cccc(N(C)C)c1)CC(O)COC1CCOCC1. The number of benzene rings is 1. The molecule has 130 valence electrons. The molecule has 1 saturated heterocycles. The van der Waals surface area contributed by atoms with Crippen molar-refractivity contribution in [3.05, 3.63) is 29.8 Å². The van der Waals surface area contributed by atoms with Crippen LogP contribution in [-0.2, 0) is 16.0 Å². The average Bonchev–Trinajstić information content (AvgIpc) is 2.54. The zero-order valence-corrected chi connectivity index (χ0v) is 14.6. The van der Waals surface area contributed by atoms with Gasteiger partial charge in [-0.1, -0.05) is 12.1 Å². The van der Waals surface area contributed by atoms with Crippen LogP contribution in [0.2, 0.25) is 0 Å². The van der Waals surface area contributed by atoms with E-state index in [1.165, 1.54) is 11.3 Å². The van der Waals surface area contributed by atoms with Crippen molar-refractivity contribution in [2.75, 3.05) is 52.4 Å². The molecule has 1 aromatic carbocycles. The number of nitrogens with zero attached hydrogens (tertiary/aromatic N) is 2. The summed E-state index contributed by atoms with van der Waals surface area (Å²) in [7, 11) is 6.11. The molecule has 5 nitrogen and oxygen atoms in total. The standard InChI is InChI=1S/C18H30N2O3/c1-19(2)16-6-4-5-15(11-16)12-20(3)13-17(21)14-23-18-7-9-22-10-8-18/h4-6,11,17-18,21H,7-10,12-14H2,1-3H3. The maximum Gasteiger partial charge on any atom is 0.0900 e. The highest BCUT2D eigenvalue weighted by molar-refractivity contribution is 5.47. The minimum absolute atomic E-state index is 0.237. The first-order valence-electron chi connectivity index (χ1n) is 8.37. The summed E-state index contributed by atoms with van der Waals surface area (Å²) in [6.07, 6.45) is 1.64. The van der Waals surface area contributed by atoms with Crippen LogP contribution < -0.4 is 4.90 Å². The first-order valence-corrected chi connectivity index (χ1v) is 8.37. The van der Waals surface area contributed by atoms with Gasteiger partial charge in [0, 0.05) is 46.1 Å². The molecule has 0 spiro atoms. The Morgan fingerprint density at radius 1 is 1.26 bits per heavy atom. The van der Waals surface area contributed by atoms with Gasteiger partial charge in [-0.3, -0.25) is 4.90 Å². The molecular formula is C18H30N2O3. The predicted molar refractivity (Wildman–Crippen MR) is 92.9 cm³/mol. The summed E-state index contributed by atoms with van der Waals surface area (Å²) in [6.45, 7) is 3.35. The summed E-state index contributed by atoms with van der Waals surface area (Å²) < 4.78 is 11.1. The molecule has 1 aliphatic heterocycles. The van der Waals surface area contributed by atoms with Gasteiger partial charge in [0.2, 0.25) is 0 Å². The number of hydrogen-bond donors (Lipinski definition) is 1. The van der Waals surface area contributed by atoms with E-state index >= 15 is 0 Å². The third kappa shape index (κ3) is 6.47. The highest BCUT2D eigenvalue weighted by Gasteiger charge is 2.16. The molecule has 0 bridgehead atoms. The van der Waals surface area contributed by atoms with Crippen molar-refractivity contribution < 1.29 is 14.6 Å². The molecule has 23 heavy (non-hydrogen) atoms. The van der Waals surface area contributed by atoms with Crippen LogP contribution in [-0.4, -0.2) is 69.7 Å². The number of rotatable bonds is 8. The number of ether oxygens (including phenoxy) is 2. The highest BCUT2D eigenvalue weighted by Crippen LogP contribution is 2.15. The van der Waals surface area contributed by atoms with Gasteiger partial charge in [0.25, 0.3) is 0 Å². The topological polar surface area (TPSA) is 45.2 Å². The second kappa shape index (κ2) is 9.23. The van der Waals surface area contributed by atoms with Gasteiger partial charge in [0.05, 0.1) is 18.8 Å². The molecule has 0 amide bonds. The Hall–Kier alpha value is -1.14. The van der Waals surface area contributed by atoms with Gasteiger partial charge < -0.3 is 19.5 Å². The number of aliphatic hydroxyl groups excluding tert-OH is 1. The van der Waals surface area contributed by atoms with Gasteiger partial charge >= 0.3 is 0 Å². The molecular weight excluding hydrogens is 292 g/mol. The summed E-state index contributed by atoms with van der Waals surface area (Å²) in [5, 5.41) is 10.2. The lowest BCUT2D eigenvalue weighted by Gasteiger charge is -2.25. The maximum absolute atomic E-state index is 10.2. The van der Waals surface area contributed by atoms with Gasteiger partial charge in [-0.15, -0.1) is 0 Å². The van der Waals surface area contributed by atoms with Crippen molar-refractivity contribution in [2.45, 2.75) is 31.6 Å². The van der Waals surface area contributed by atoms with Crippen LogP contribution in [0.3, 0.4) is 0 Å². The summed E-state index contributed by atoms with van der Waals surface area (Å²) >= 11 is 0. The van der Waals surface area contributed by atoms with E-state index in [4.69, 9.17) is 9.47 Å². The van der Waals surface area contributed by atoms with Crippen molar-refractivity contribution in [1.29, 1.82) is 0 Å². The smallest absolute Gasteiger partial charge is 0.0900 e. The fraction of sp³-hybridized carbons (Fsp3) is 0.667. The van der Waals surface area contributed by atoms with Crippen LogP contribution in [0.5, 0.6) is 0 Å². The first kappa shape index (κ1) is 18.2. The molecule has 0 radical (unpaired) electrons. The van der Waals surface area contributed by atoms with E-state index in [9.17, 15) is 5.11 Å². The summed E-state index contributed by atoms with van der Waals surface area (Å²) in [5.74, 6) is 0. The number of likely N-dealkylation sites (N-methyl/N-ethyl adjacent to an activating group) is 1. The van der Waals surface area contributed by atoms with Crippen LogP contribution in [0.1, 0.15) is 18.4 Å². The van der Waals surface area contributed by atoms with Gasteiger partial charge in [0.1, 0.15) is 0 Å². The summed E-state index contributed by atoms with van der Waals surface area (Å²) in [6, 6.07) is 8.47. The van der Waals surface area contributed by atoms with Crippen LogP contribution in [0, 0.1) is 0 Å². The Morgan fingerprint density at radius 2 is 2.00 bits per heavy atom. The lowest BCUT2D eigenvalue weighted by atomic mass is 10.1. The largest absolute Gasteiger partial charge is 0.389 e. The quantitative estimate of drug-likeness (QED) is 0.790. The molecule has 1 atom stereocenters. The summed E-state index contributed by atoms with van der Waals surface area (Å²) in [4.78, 5) is 4.23. The zero-order chi connectivity index (χ0) is 16.7. The van der Waals surface area contributed by atoms with E-state index in [1.54, 1.807) is 0 Å². The van der Waals surface area contributed by atoms with E-state index in [-0.39, 0.29) is 6.10 Å². The second-order valence-electron chi connectivity index (χ2n) is 6.56. The predicted octanol–water partition coefficient (Wildman–Crippen LogP) is 1.74. The normalized spacial score (nSPS) is 17.4. The molecule has 1 aromatic rings. The fourth-order valence-electron chi connectivity index (χ4n) is 2.81. The minimum atomic E-state index is -0.458.